The summed E-state index contributed by atoms with van der Waals surface area (Å²) in [5.41, 5.74) is 2.65. The fourth-order valence-electron chi connectivity index (χ4n) is 5.23. The molecule has 0 atom stereocenters. The van der Waals surface area contributed by atoms with Crippen LogP contribution in [0.15, 0.2) is 53.4 Å². The molecule has 35 heavy (non-hydrogen) atoms. The highest BCUT2D eigenvalue weighted by Gasteiger charge is 2.53. The van der Waals surface area contributed by atoms with Crippen LogP contribution in [0.25, 0.3) is 0 Å². The van der Waals surface area contributed by atoms with Crippen LogP contribution in [0.1, 0.15) is 43.2 Å². The molecule has 1 aliphatic carbocycles. The molecule has 0 spiro atoms. The maximum atomic E-state index is 13.7. The number of hydrogen-bond acceptors (Lipinski definition) is 5. The number of sulfone groups is 1. The summed E-state index contributed by atoms with van der Waals surface area (Å²) >= 11 is 0. The van der Waals surface area contributed by atoms with Crippen molar-refractivity contribution in [2.24, 2.45) is 0 Å². The van der Waals surface area contributed by atoms with Gasteiger partial charge in [0.15, 0.2) is 14.6 Å². The highest BCUT2D eigenvalue weighted by Crippen LogP contribution is 2.41. The average molecular weight is 498 g/mol. The molecule has 1 saturated carbocycles. The first-order valence-corrected chi connectivity index (χ1v) is 13.9. The largest absolute Gasteiger partial charge is 0.368 e. The second-order valence-electron chi connectivity index (χ2n) is 9.68. The minimum atomic E-state index is -3.87. The molecule has 1 saturated heterocycles. The first-order valence-electron chi connectivity index (χ1n) is 12.4. The molecule has 0 unspecified atom stereocenters. The minimum Gasteiger partial charge on any atom is -0.368 e. The Balaban J connectivity index is 1.35. The zero-order chi connectivity index (χ0) is 25.1. The Bertz CT molecular complexity index is 1170. The lowest BCUT2D eigenvalue weighted by Crippen LogP contribution is -2.52. The second kappa shape index (κ2) is 10.4. The van der Waals surface area contributed by atoms with Crippen molar-refractivity contribution in [3.8, 4) is 0 Å². The number of amides is 2. The van der Waals surface area contributed by atoms with Gasteiger partial charge >= 0.3 is 0 Å². The Morgan fingerprint density at radius 2 is 1.60 bits per heavy atom. The van der Waals surface area contributed by atoms with E-state index in [4.69, 9.17) is 0 Å². The Labute approximate surface area is 208 Å². The number of nitrogens with zero attached hydrogens (tertiary/aromatic N) is 2. The lowest BCUT2D eigenvalue weighted by Gasteiger charge is -2.36. The number of para-hydroxylation sites is 1. The minimum absolute atomic E-state index is 0.0177. The maximum absolute atomic E-state index is 13.7. The number of benzene rings is 2. The topological polar surface area (TPSA) is 86.8 Å². The van der Waals surface area contributed by atoms with Gasteiger partial charge < -0.3 is 15.1 Å². The number of piperazine rings is 1. The van der Waals surface area contributed by atoms with Crippen molar-refractivity contribution in [3.05, 3.63) is 59.7 Å². The SMILES string of the molecule is Cc1ccc(C)c(S(=O)(=O)C2(C(=O)NCCC(=O)N3CCN(c4ccccc4)CC3)CCCC2)c1. The van der Waals surface area contributed by atoms with E-state index < -0.39 is 20.5 Å². The summed E-state index contributed by atoms with van der Waals surface area (Å²) in [6.45, 7) is 6.55. The van der Waals surface area contributed by atoms with Gasteiger partial charge in [0.25, 0.3) is 0 Å². The molecular formula is C27H35N3O4S. The lowest BCUT2D eigenvalue weighted by molar-refractivity contribution is -0.131. The van der Waals surface area contributed by atoms with Crippen molar-refractivity contribution in [2.75, 3.05) is 37.6 Å². The third kappa shape index (κ3) is 5.08. The summed E-state index contributed by atoms with van der Waals surface area (Å²) in [6, 6.07) is 15.5. The van der Waals surface area contributed by atoms with Crippen molar-refractivity contribution in [1.82, 2.24) is 10.2 Å². The normalized spacial score (nSPS) is 17.9. The molecule has 2 aromatic carbocycles. The average Bonchev–Trinajstić information content (AvgIpc) is 3.38. The predicted molar refractivity (Wildman–Crippen MR) is 137 cm³/mol. The van der Waals surface area contributed by atoms with Crippen molar-refractivity contribution in [3.63, 3.8) is 0 Å². The van der Waals surface area contributed by atoms with E-state index in [-0.39, 0.29) is 23.8 Å². The van der Waals surface area contributed by atoms with Crippen LogP contribution in [0.3, 0.4) is 0 Å². The summed E-state index contributed by atoms with van der Waals surface area (Å²) in [5.74, 6) is -0.492. The molecule has 1 heterocycles. The van der Waals surface area contributed by atoms with E-state index in [1.54, 1.807) is 19.1 Å². The highest BCUT2D eigenvalue weighted by molar-refractivity contribution is 7.93. The van der Waals surface area contributed by atoms with Crippen LogP contribution in [0, 0.1) is 13.8 Å². The summed E-state index contributed by atoms with van der Waals surface area (Å²) in [4.78, 5) is 30.4. The standard InChI is InChI=1S/C27H35N3O4S/c1-21-10-11-22(2)24(20-21)35(33,34)27(13-6-7-14-27)26(32)28-15-12-25(31)30-18-16-29(17-19-30)23-8-4-3-5-9-23/h3-5,8-11,20H,6-7,12-19H2,1-2H3,(H,28,32). The number of carbonyl (C=O) groups excluding carboxylic acids is 2. The Hall–Kier alpha value is -2.87. The van der Waals surface area contributed by atoms with Crippen LogP contribution in [0.4, 0.5) is 5.69 Å². The van der Waals surface area contributed by atoms with Crippen LogP contribution >= 0.6 is 0 Å². The van der Waals surface area contributed by atoms with Crippen LogP contribution in [-0.2, 0) is 19.4 Å². The molecular weight excluding hydrogens is 462 g/mol. The van der Waals surface area contributed by atoms with Crippen molar-refractivity contribution >= 4 is 27.3 Å². The van der Waals surface area contributed by atoms with Gasteiger partial charge in [0.2, 0.25) is 11.8 Å². The summed E-state index contributed by atoms with van der Waals surface area (Å²) in [7, 11) is -3.87. The molecule has 4 rings (SSSR count). The van der Waals surface area contributed by atoms with Gasteiger partial charge in [-0.25, -0.2) is 8.42 Å². The maximum Gasteiger partial charge on any atom is 0.241 e. The van der Waals surface area contributed by atoms with E-state index in [1.165, 1.54) is 0 Å². The fourth-order valence-corrected chi connectivity index (χ4v) is 7.62. The smallest absolute Gasteiger partial charge is 0.241 e. The second-order valence-corrected chi connectivity index (χ2v) is 11.9. The first kappa shape index (κ1) is 25.2. The molecule has 2 aromatic rings. The molecule has 2 fully saturated rings. The van der Waals surface area contributed by atoms with Gasteiger partial charge in [-0.3, -0.25) is 9.59 Å². The number of anilines is 1. The van der Waals surface area contributed by atoms with E-state index in [1.807, 2.05) is 36.1 Å². The lowest BCUT2D eigenvalue weighted by atomic mass is 10.1. The third-order valence-electron chi connectivity index (χ3n) is 7.35. The summed E-state index contributed by atoms with van der Waals surface area (Å²) in [5, 5.41) is 2.80. The van der Waals surface area contributed by atoms with E-state index in [0.29, 0.717) is 44.3 Å². The van der Waals surface area contributed by atoms with Gasteiger partial charge in [0, 0.05) is 44.8 Å². The number of hydrogen-bond donors (Lipinski definition) is 1. The predicted octanol–water partition coefficient (Wildman–Crippen LogP) is 3.25. The Morgan fingerprint density at radius 1 is 0.943 bits per heavy atom. The van der Waals surface area contributed by atoms with Crippen LogP contribution < -0.4 is 10.2 Å². The van der Waals surface area contributed by atoms with Gasteiger partial charge in [-0.2, -0.15) is 0 Å². The van der Waals surface area contributed by atoms with Crippen molar-refractivity contribution in [1.29, 1.82) is 0 Å². The van der Waals surface area contributed by atoms with Crippen LogP contribution in [0.5, 0.6) is 0 Å². The van der Waals surface area contributed by atoms with Crippen LogP contribution in [-0.4, -0.2) is 62.6 Å². The molecule has 2 amide bonds. The van der Waals surface area contributed by atoms with Gasteiger partial charge in [-0.1, -0.05) is 43.2 Å². The molecule has 0 aromatic heterocycles. The van der Waals surface area contributed by atoms with Gasteiger partial charge in [0.1, 0.15) is 0 Å². The molecule has 0 bridgehead atoms. The number of rotatable bonds is 7. The molecule has 1 aliphatic heterocycles. The zero-order valence-corrected chi connectivity index (χ0v) is 21.4. The number of aryl methyl sites for hydroxylation is 2. The molecule has 0 radical (unpaired) electrons. The molecule has 2 aliphatic rings. The van der Waals surface area contributed by atoms with Crippen molar-refractivity contribution < 1.29 is 18.0 Å². The molecule has 1 N–H and O–H groups in total. The zero-order valence-electron chi connectivity index (χ0n) is 20.6. The first-order chi connectivity index (χ1) is 16.7. The number of nitrogens with one attached hydrogen (secondary N) is 1. The van der Waals surface area contributed by atoms with E-state index >= 15 is 0 Å². The van der Waals surface area contributed by atoms with Gasteiger partial charge in [-0.05, 0) is 56.0 Å². The van der Waals surface area contributed by atoms with Gasteiger partial charge in [0.05, 0.1) is 4.90 Å². The van der Waals surface area contributed by atoms with Gasteiger partial charge in [-0.15, -0.1) is 0 Å². The molecule has 7 nitrogen and oxygen atoms in total. The molecule has 188 valence electrons. The third-order valence-corrected chi connectivity index (χ3v) is 9.99. The Morgan fingerprint density at radius 3 is 2.26 bits per heavy atom. The summed E-state index contributed by atoms with van der Waals surface area (Å²) in [6.07, 6.45) is 2.18. The monoisotopic (exact) mass is 497 g/mol. The van der Waals surface area contributed by atoms with Crippen molar-refractivity contribution in [2.45, 2.75) is 55.6 Å². The fraction of sp³-hybridized carbons (Fsp3) is 0.481. The van der Waals surface area contributed by atoms with E-state index in [9.17, 15) is 18.0 Å². The molecule has 8 heteroatoms. The summed E-state index contributed by atoms with van der Waals surface area (Å²) < 4.78 is 26.0. The number of carbonyl (C=O) groups is 2. The van der Waals surface area contributed by atoms with E-state index in [0.717, 1.165) is 24.3 Å². The quantitative estimate of drug-likeness (QED) is 0.635. The van der Waals surface area contributed by atoms with E-state index in [2.05, 4.69) is 22.3 Å². The van der Waals surface area contributed by atoms with Crippen LogP contribution in [0.2, 0.25) is 0 Å². The Kier molecular flexibility index (Phi) is 7.50. The highest BCUT2D eigenvalue weighted by atomic mass is 32.2.